The Bertz CT molecular complexity index is 629. The summed E-state index contributed by atoms with van der Waals surface area (Å²) in [6, 6.07) is 3.68. The van der Waals surface area contributed by atoms with Crippen LogP contribution >= 0.6 is 11.8 Å². The number of hydrogen-bond acceptors (Lipinski definition) is 4. The molecule has 1 aromatic heterocycles. The number of nitrogens with one attached hydrogen (secondary N) is 1. The summed E-state index contributed by atoms with van der Waals surface area (Å²) in [7, 11) is 1.63. The minimum Gasteiger partial charge on any atom is -0.496 e. The lowest BCUT2D eigenvalue weighted by atomic mass is 10.2. The summed E-state index contributed by atoms with van der Waals surface area (Å²) >= 11 is 1.67. The van der Waals surface area contributed by atoms with Gasteiger partial charge in [0.15, 0.2) is 0 Å². The third kappa shape index (κ3) is 2.67. The van der Waals surface area contributed by atoms with Gasteiger partial charge in [-0.2, -0.15) is 4.98 Å². The van der Waals surface area contributed by atoms with Gasteiger partial charge in [0, 0.05) is 10.8 Å². The second-order valence-corrected chi connectivity index (χ2v) is 6.84. The van der Waals surface area contributed by atoms with Crippen LogP contribution in [0.25, 0.3) is 10.9 Å². The van der Waals surface area contributed by atoms with Gasteiger partial charge in [-0.05, 0) is 6.07 Å². The van der Waals surface area contributed by atoms with Crippen molar-refractivity contribution in [2.75, 3.05) is 7.11 Å². The van der Waals surface area contributed by atoms with Gasteiger partial charge >= 0.3 is 0 Å². The molecule has 18 heavy (non-hydrogen) atoms. The van der Waals surface area contributed by atoms with Crippen molar-refractivity contribution in [2.45, 2.75) is 30.4 Å². The standard InChI is InChI=1S/C13H16N2O2S/c1-13(2,3)18-11-5-8-9(6-10(11)17-4)14-7-15-12(8)16/h5-7H,1-4H3,(H,14,15,16). The fourth-order valence-corrected chi connectivity index (χ4v) is 2.73. The molecule has 0 saturated heterocycles. The van der Waals surface area contributed by atoms with Crippen LogP contribution in [-0.2, 0) is 0 Å². The molecule has 0 fully saturated rings. The van der Waals surface area contributed by atoms with Gasteiger partial charge in [0.25, 0.3) is 5.56 Å². The topological polar surface area (TPSA) is 55.0 Å². The van der Waals surface area contributed by atoms with Crippen molar-refractivity contribution >= 4 is 22.7 Å². The van der Waals surface area contributed by atoms with E-state index in [1.54, 1.807) is 18.9 Å². The molecule has 0 amide bonds. The highest BCUT2D eigenvalue weighted by Crippen LogP contribution is 2.39. The molecule has 4 nitrogen and oxygen atoms in total. The number of ether oxygens (including phenoxy) is 1. The van der Waals surface area contributed by atoms with E-state index < -0.39 is 0 Å². The number of benzene rings is 1. The minimum atomic E-state index is -0.220. The van der Waals surface area contributed by atoms with Gasteiger partial charge in [-0.3, -0.25) is 4.79 Å². The zero-order valence-electron chi connectivity index (χ0n) is 10.9. The molecule has 0 aliphatic rings. The van der Waals surface area contributed by atoms with Crippen molar-refractivity contribution in [3.05, 3.63) is 28.8 Å². The van der Waals surface area contributed by atoms with Crippen molar-refractivity contribution in [1.82, 2.24) is 9.97 Å². The van der Waals surface area contributed by atoms with Crippen molar-refractivity contribution in [3.63, 3.8) is 0 Å². The predicted molar refractivity (Wildman–Crippen MR) is 74.5 cm³/mol. The third-order valence-electron chi connectivity index (χ3n) is 2.35. The maximum absolute atomic E-state index is 11.7. The first-order valence-electron chi connectivity index (χ1n) is 5.65. The number of fused-ring (bicyclic) bond motifs is 1. The van der Waals surface area contributed by atoms with Crippen LogP contribution in [0.15, 0.2) is 28.2 Å². The number of nitrogens with zero attached hydrogens (tertiary/aromatic N) is 1. The molecule has 1 heterocycles. The summed E-state index contributed by atoms with van der Waals surface area (Å²) in [5.74, 6) is 0.768. The van der Waals surface area contributed by atoms with Crippen LogP contribution in [-0.4, -0.2) is 21.8 Å². The van der Waals surface area contributed by atoms with E-state index >= 15 is 0 Å². The van der Waals surface area contributed by atoms with Crippen LogP contribution in [0, 0.1) is 0 Å². The first-order valence-corrected chi connectivity index (χ1v) is 6.47. The molecule has 96 valence electrons. The molecular formula is C13H16N2O2S. The smallest absolute Gasteiger partial charge is 0.280 e. The molecule has 0 saturated carbocycles. The predicted octanol–water partition coefficient (Wildman–Crippen LogP) is 2.82. The monoisotopic (exact) mass is 264 g/mol. The maximum atomic E-state index is 11.7. The normalized spacial score (nSPS) is 11.8. The highest BCUT2D eigenvalue weighted by atomic mass is 32.2. The van der Waals surface area contributed by atoms with Crippen molar-refractivity contribution in [1.29, 1.82) is 0 Å². The zero-order chi connectivity index (χ0) is 13.3. The van der Waals surface area contributed by atoms with Gasteiger partial charge in [0.2, 0.25) is 0 Å². The van der Waals surface area contributed by atoms with Crippen LogP contribution in [0.4, 0.5) is 0 Å². The summed E-state index contributed by atoms with van der Waals surface area (Å²) < 4.78 is 5.43. The number of rotatable bonds is 2. The molecule has 0 aliphatic heterocycles. The van der Waals surface area contributed by atoms with Gasteiger partial charge in [0.1, 0.15) is 5.75 Å². The van der Waals surface area contributed by atoms with Gasteiger partial charge in [0.05, 0.1) is 29.2 Å². The fraction of sp³-hybridized carbons (Fsp3) is 0.385. The second-order valence-electron chi connectivity index (χ2n) is 4.97. The van der Waals surface area contributed by atoms with Crippen LogP contribution in [0.2, 0.25) is 0 Å². The minimum absolute atomic E-state index is 0.0515. The molecule has 1 aromatic carbocycles. The summed E-state index contributed by atoms with van der Waals surface area (Å²) in [4.78, 5) is 19.4. The second kappa shape index (κ2) is 4.65. The van der Waals surface area contributed by atoms with Crippen molar-refractivity contribution in [3.8, 4) is 5.75 Å². The van der Waals surface area contributed by atoms with Crippen LogP contribution < -0.4 is 10.3 Å². The largest absolute Gasteiger partial charge is 0.496 e. The maximum Gasteiger partial charge on any atom is 0.280 e. The van der Waals surface area contributed by atoms with E-state index in [0.29, 0.717) is 5.39 Å². The number of aromatic nitrogens is 2. The van der Waals surface area contributed by atoms with E-state index in [2.05, 4.69) is 30.7 Å². The summed E-state index contributed by atoms with van der Waals surface area (Å²) in [5.41, 5.74) is 0.521. The van der Waals surface area contributed by atoms with Crippen LogP contribution in [0.5, 0.6) is 5.75 Å². The Hall–Kier alpha value is -1.49. The van der Waals surface area contributed by atoms with E-state index in [1.165, 1.54) is 6.33 Å². The Balaban J connectivity index is 2.64. The Morgan fingerprint density at radius 3 is 2.67 bits per heavy atom. The number of H-pyrrole nitrogens is 1. The molecule has 0 aliphatic carbocycles. The molecule has 0 unspecified atom stereocenters. The lowest BCUT2D eigenvalue weighted by molar-refractivity contribution is 0.405. The highest BCUT2D eigenvalue weighted by molar-refractivity contribution is 8.00. The number of thioether (sulfide) groups is 1. The fourth-order valence-electron chi connectivity index (χ4n) is 1.66. The molecule has 0 bridgehead atoms. The Labute approximate surface area is 110 Å². The SMILES string of the molecule is COc1cc2[nH]cnc(=O)c2cc1SC(C)(C)C. The van der Waals surface area contributed by atoms with E-state index in [4.69, 9.17) is 4.74 Å². The summed E-state index contributed by atoms with van der Waals surface area (Å²) in [6.07, 6.45) is 1.40. The molecule has 0 radical (unpaired) electrons. The van der Waals surface area contributed by atoms with E-state index in [9.17, 15) is 4.79 Å². The summed E-state index contributed by atoms with van der Waals surface area (Å²) in [5, 5.41) is 0.588. The van der Waals surface area contributed by atoms with Gasteiger partial charge in [-0.1, -0.05) is 20.8 Å². The van der Waals surface area contributed by atoms with Gasteiger partial charge in [-0.25, -0.2) is 0 Å². The number of methoxy groups -OCH3 is 1. The molecule has 5 heteroatoms. The zero-order valence-corrected chi connectivity index (χ0v) is 11.7. The van der Waals surface area contributed by atoms with E-state index in [0.717, 1.165) is 16.2 Å². The molecule has 0 spiro atoms. The van der Waals surface area contributed by atoms with E-state index in [-0.39, 0.29) is 10.3 Å². The number of hydrogen-bond donors (Lipinski definition) is 1. The van der Waals surface area contributed by atoms with Crippen molar-refractivity contribution in [2.24, 2.45) is 0 Å². The third-order valence-corrected chi connectivity index (χ3v) is 3.50. The Morgan fingerprint density at radius 2 is 2.06 bits per heavy atom. The van der Waals surface area contributed by atoms with Crippen LogP contribution in [0.3, 0.4) is 0 Å². The highest BCUT2D eigenvalue weighted by Gasteiger charge is 2.17. The van der Waals surface area contributed by atoms with E-state index in [1.807, 2.05) is 12.1 Å². The average molecular weight is 264 g/mol. The Kier molecular flexibility index (Phi) is 3.34. The van der Waals surface area contributed by atoms with Crippen molar-refractivity contribution < 1.29 is 4.74 Å². The first-order chi connectivity index (χ1) is 8.40. The van der Waals surface area contributed by atoms with Crippen LogP contribution in [0.1, 0.15) is 20.8 Å². The molecular weight excluding hydrogens is 248 g/mol. The lowest BCUT2D eigenvalue weighted by Crippen LogP contribution is -2.09. The number of aromatic amines is 1. The molecule has 2 aromatic rings. The molecule has 1 N–H and O–H groups in total. The summed E-state index contributed by atoms with van der Waals surface area (Å²) in [6.45, 7) is 6.36. The lowest BCUT2D eigenvalue weighted by Gasteiger charge is -2.19. The quantitative estimate of drug-likeness (QED) is 0.847. The first kappa shape index (κ1) is 13.0. The molecule has 0 atom stereocenters. The van der Waals surface area contributed by atoms with Gasteiger partial charge < -0.3 is 9.72 Å². The molecule has 2 rings (SSSR count). The Morgan fingerprint density at radius 1 is 1.33 bits per heavy atom. The average Bonchev–Trinajstić information content (AvgIpc) is 2.27. The van der Waals surface area contributed by atoms with Gasteiger partial charge in [-0.15, -0.1) is 11.8 Å².